The van der Waals surface area contributed by atoms with E-state index in [0.29, 0.717) is 6.54 Å². The molecule has 0 bridgehead atoms. The Kier molecular flexibility index (Phi) is 5.04. The molecule has 1 aromatic heterocycles. The van der Waals surface area contributed by atoms with E-state index in [1.807, 2.05) is 39.1 Å². The van der Waals surface area contributed by atoms with Gasteiger partial charge in [-0.2, -0.15) is 0 Å². The van der Waals surface area contributed by atoms with Crippen LogP contribution in [0, 0.1) is 0 Å². The minimum absolute atomic E-state index is 0.400. The zero-order valence-electron chi connectivity index (χ0n) is 13.2. The molecular weight excluding hydrogens is 266 g/mol. The van der Waals surface area contributed by atoms with Crippen LogP contribution in [-0.4, -0.2) is 29.8 Å². The number of hydrogen-bond acceptors (Lipinski definition) is 4. The molecular formula is C16H25N3O2. The molecule has 21 heavy (non-hydrogen) atoms. The van der Waals surface area contributed by atoms with Gasteiger partial charge in [0.05, 0.1) is 0 Å². The number of carbonyl (C=O) groups excluding carboxylic acids is 1. The zero-order valence-corrected chi connectivity index (χ0v) is 13.2. The molecule has 1 fully saturated rings. The second-order valence-corrected chi connectivity index (χ2v) is 6.43. The summed E-state index contributed by atoms with van der Waals surface area (Å²) in [5.74, 6) is 1.02. The van der Waals surface area contributed by atoms with Gasteiger partial charge in [-0.05, 0) is 51.7 Å². The minimum Gasteiger partial charge on any atom is -0.444 e. The summed E-state index contributed by atoms with van der Waals surface area (Å²) in [5.41, 5.74) is 0.502. The molecule has 0 unspecified atom stereocenters. The minimum atomic E-state index is -0.472. The van der Waals surface area contributed by atoms with Crippen molar-refractivity contribution in [2.24, 2.45) is 0 Å². The number of anilines is 1. The van der Waals surface area contributed by atoms with Crippen LogP contribution in [-0.2, 0) is 11.3 Å². The van der Waals surface area contributed by atoms with Gasteiger partial charge < -0.3 is 15.0 Å². The summed E-state index contributed by atoms with van der Waals surface area (Å²) in [6.45, 7) is 8.15. The molecule has 1 aliphatic heterocycles. The maximum absolute atomic E-state index is 11.6. The number of nitrogens with zero attached hydrogens (tertiary/aromatic N) is 2. The lowest BCUT2D eigenvalue weighted by atomic mass is 10.1. The van der Waals surface area contributed by atoms with Crippen LogP contribution in [0.2, 0.25) is 0 Å². The number of piperidine rings is 1. The summed E-state index contributed by atoms with van der Waals surface area (Å²) in [7, 11) is 0. The number of alkyl carbamates (subject to hydrolysis) is 1. The van der Waals surface area contributed by atoms with Crippen LogP contribution in [0.5, 0.6) is 0 Å². The van der Waals surface area contributed by atoms with Crippen molar-refractivity contribution < 1.29 is 9.53 Å². The van der Waals surface area contributed by atoms with Crippen molar-refractivity contribution in [3.63, 3.8) is 0 Å². The van der Waals surface area contributed by atoms with Gasteiger partial charge in [0.2, 0.25) is 0 Å². The number of carbonyl (C=O) groups is 1. The van der Waals surface area contributed by atoms with E-state index >= 15 is 0 Å². The van der Waals surface area contributed by atoms with E-state index in [1.165, 1.54) is 19.3 Å². The van der Waals surface area contributed by atoms with Gasteiger partial charge in [-0.25, -0.2) is 9.78 Å². The molecule has 2 rings (SSSR count). The smallest absolute Gasteiger partial charge is 0.407 e. The van der Waals surface area contributed by atoms with E-state index in [4.69, 9.17) is 4.74 Å². The molecule has 116 valence electrons. The topological polar surface area (TPSA) is 54.5 Å². The quantitative estimate of drug-likeness (QED) is 0.929. The molecule has 5 heteroatoms. The van der Waals surface area contributed by atoms with Crippen LogP contribution in [0.4, 0.5) is 10.6 Å². The zero-order chi connectivity index (χ0) is 15.3. The average Bonchev–Trinajstić information content (AvgIpc) is 2.45. The third-order valence-corrected chi connectivity index (χ3v) is 3.32. The molecule has 0 saturated carbocycles. The Labute approximate surface area is 126 Å². The maximum atomic E-state index is 11.6. The van der Waals surface area contributed by atoms with Gasteiger partial charge in [0.15, 0.2) is 0 Å². The van der Waals surface area contributed by atoms with Crippen LogP contribution in [0.1, 0.15) is 45.6 Å². The van der Waals surface area contributed by atoms with Crippen LogP contribution in [0.25, 0.3) is 0 Å². The standard InChI is InChI=1S/C16H25N3O2/c1-16(2,3)21-15(20)18-12-13-7-8-14(17-11-13)19-9-5-4-6-10-19/h7-8,11H,4-6,9-10,12H2,1-3H3,(H,18,20). The molecule has 2 heterocycles. The number of hydrogen-bond donors (Lipinski definition) is 1. The van der Waals surface area contributed by atoms with Crippen LogP contribution in [0.3, 0.4) is 0 Å². The first-order chi connectivity index (χ1) is 9.94. The van der Waals surface area contributed by atoms with E-state index in [-0.39, 0.29) is 0 Å². The van der Waals surface area contributed by atoms with Gasteiger partial charge in [-0.1, -0.05) is 6.07 Å². The number of aromatic nitrogens is 1. The molecule has 0 aliphatic carbocycles. The Hall–Kier alpha value is -1.78. The number of ether oxygens (including phenoxy) is 1. The molecule has 0 atom stereocenters. The summed E-state index contributed by atoms with van der Waals surface area (Å²) < 4.78 is 5.20. The van der Waals surface area contributed by atoms with Crippen molar-refractivity contribution in [2.75, 3.05) is 18.0 Å². The van der Waals surface area contributed by atoms with Crippen molar-refractivity contribution in [3.05, 3.63) is 23.9 Å². The van der Waals surface area contributed by atoms with Crippen molar-refractivity contribution >= 4 is 11.9 Å². The van der Waals surface area contributed by atoms with E-state index in [1.54, 1.807) is 0 Å². The Balaban J connectivity index is 1.83. The highest BCUT2D eigenvalue weighted by Gasteiger charge is 2.16. The summed E-state index contributed by atoms with van der Waals surface area (Å²) in [4.78, 5) is 18.4. The third-order valence-electron chi connectivity index (χ3n) is 3.32. The van der Waals surface area contributed by atoms with Gasteiger partial charge >= 0.3 is 6.09 Å². The first-order valence-electron chi connectivity index (χ1n) is 7.61. The first kappa shape index (κ1) is 15.6. The number of rotatable bonds is 3. The molecule has 0 spiro atoms. The van der Waals surface area contributed by atoms with E-state index in [2.05, 4.69) is 15.2 Å². The Bertz CT molecular complexity index is 459. The summed E-state index contributed by atoms with van der Waals surface area (Å²) >= 11 is 0. The fourth-order valence-electron chi connectivity index (χ4n) is 2.32. The van der Waals surface area contributed by atoms with Crippen molar-refractivity contribution in [2.45, 2.75) is 52.2 Å². The lowest BCUT2D eigenvalue weighted by Gasteiger charge is -2.27. The third kappa shape index (κ3) is 5.25. The monoisotopic (exact) mass is 291 g/mol. The molecule has 5 nitrogen and oxygen atoms in total. The van der Waals surface area contributed by atoms with Crippen molar-refractivity contribution in [3.8, 4) is 0 Å². The number of amides is 1. The summed E-state index contributed by atoms with van der Waals surface area (Å²) in [6, 6.07) is 4.03. The molecule has 0 aromatic carbocycles. The Morgan fingerprint density at radius 3 is 2.57 bits per heavy atom. The molecule has 0 radical (unpaired) electrons. The second kappa shape index (κ2) is 6.78. The van der Waals surface area contributed by atoms with E-state index in [0.717, 1.165) is 24.5 Å². The largest absolute Gasteiger partial charge is 0.444 e. The van der Waals surface area contributed by atoms with Crippen LogP contribution < -0.4 is 10.2 Å². The number of nitrogens with one attached hydrogen (secondary N) is 1. The Morgan fingerprint density at radius 1 is 1.29 bits per heavy atom. The molecule has 1 aliphatic rings. The lowest BCUT2D eigenvalue weighted by molar-refractivity contribution is 0.0523. The van der Waals surface area contributed by atoms with Gasteiger partial charge in [0.1, 0.15) is 11.4 Å². The van der Waals surface area contributed by atoms with Gasteiger partial charge in [0.25, 0.3) is 0 Å². The van der Waals surface area contributed by atoms with Gasteiger partial charge in [0, 0.05) is 25.8 Å². The van der Waals surface area contributed by atoms with Crippen molar-refractivity contribution in [1.29, 1.82) is 0 Å². The fraction of sp³-hybridized carbons (Fsp3) is 0.625. The van der Waals surface area contributed by atoms with Crippen molar-refractivity contribution in [1.82, 2.24) is 10.3 Å². The second-order valence-electron chi connectivity index (χ2n) is 6.43. The normalized spacial score (nSPS) is 15.7. The highest BCUT2D eigenvalue weighted by atomic mass is 16.6. The SMILES string of the molecule is CC(C)(C)OC(=O)NCc1ccc(N2CCCCC2)nc1. The maximum Gasteiger partial charge on any atom is 0.407 e. The number of pyridine rings is 1. The first-order valence-corrected chi connectivity index (χ1v) is 7.61. The van der Waals surface area contributed by atoms with Gasteiger partial charge in [-0.15, -0.1) is 0 Å². The average molecular weight is 291 g/mol. The molecule has 1 N–H and O–H groups in total. The predicted octanol–water partition coefficient (Wildman–Crippen LogP) is 3.10. The van der Waals surface area contributed by atoms with E-state index < -0.39 is 11.7 Å². The fourth-order valence-corrected chi connectivity index (χ4v) is 2.32. The van der Waals surface area contributed by atoms with Crippen LogP contribution >= 0.6 is 0 Å². The molecule has 1 amide bonds. The summed E-state index contributed by atoms with van der Waals surface area (Å²) in [6.07, 6.45) is 5.21. The van der Waals surface area contributed by atoms with E-state index in [9.17, 15) is 4.79 Å². The summed E-state index contributed by atoms with van der Waals surface area (Å²) in [5, 5.41) is 2.74. The highest BCUT2D eigenvalue weighted by Crippen LogP contribution is 2.17. The predicted molar refractivity (Wildman–Crippen MR) is 83.4 cm³/mol. The van der Waals surface area contributed by atoms with Crippen LogP contribution in [0.15, 0.2) is 18.3 Å². The molecule has 1 saturated heterocycles. The lowest BCUT2D eigenvalue weighted by Crippen LogP contribution is -2.32. The molecule has 1 aromatic rings. The van der Waals surface area contributed by atoms with Gasteiger partial charge in [-0.3, -0.25) is 0 Å². The highest BCUT2D eigenvalue weighted by molar-refractivity contribution is 5.67. The Morgan fingerprint density at radius 2 is 2.00 bits per heavy atom.